The molecule has 20 heavy (non-hydrogen) atoms. The molecule has 5 nitrogen and oxygen atoms in total. The average Bonchev–Trinajstić information content (AvgIpc) is 2.73. The number of nitriles is 1. The second-order valence-corrected chi connectivity index (χ2v) is 6.10. The third-order valence-electron chi connectivity index (χ3n) is 2.97. The number of amides is 1. The van der Waals surface area contributed by atoms with E-state index in [4.69, 9.17) is 5.73 Å². The van der Waals surface area contributed by atoms with Crippen molar-refractivity contribution in [1.29, 1.82) is 5.26 Å². The lowest BCUT2D eigenvalue weighted by atomic mass is 10.1. The average molecular weight is 294 g/mol. The number of nitrogens with zero attached hydrogens (tertiary/aromatic N) is 2. The zero-order valence-electron chi connectivity index (χ0n) is 12.5. The van der Waals surface area contributed by atoms with E-state index in [0.717, 1.165) is 18.0 Å². The van der Waals surface area contributed by atoms with Gasteiger partial charge in [-0.25, -0.2) is 0 Å². The van der Waals surface area contributed by atoms with Gasteiger partial charge in [0.15, 0.2) is 0 Å². The van der Waals surface area contributed by atoms with Gasteiger partial charge in [-0.2, -0.15) is 5.26 Å². The summed E-state index contributed by atoms with van der Waals surface area (Å²) in [5.74, 6) is 0.373. The van der Waals surface area contributed by atoms with Crippen LogP contribution in [0, 0.1) is 17.2 Å². The Morgan fingerprint density at radius 3 is 2.70 bits per heavy atom. The topological polar surface area (TPSA) is 82.2 Å². The van der Waals surface area contributed by atoms with E-state index < -0.39 is 0 Å². The molecule has 0 atom stereocenters. The number of nitrogens with one attached hydrogen (secondary N) is 1. The molecule has 0 radical (unpaired) electrons. The normalized spacial score (nSPS) is 10.4. The van der Waals surface area contributed by atoms with Crippen molar-refractivity contribution in [1.82, 2.24) is 5.32 Å². The predicted octanol–water partition coefficient (Wildman–Crippen LogP) is 2.43. The van der Waals surface area contributed by atoms with Gasteiger partial charge >= 0.3 is 0 Å². The van der Waals surface area contributed by atoms with Gasteiger partial charge in [0.1, 0.15) is 21.5 Å². The highest BCUT2D eigenvalue weighted by Gasteiger charge is 2.22. The van der Waals surface area contributed by atoms with Crippen LogP contribution in [0.15, 0.2) is 0 Å². The highest BCUT2D eigenvalue weighted by Crippen LogP contribution is 2.37. The molecule has 1 aromatic rings. The Morgan fingerprint density at radius 2 is 2.20 bits per heavy atom. The molecule has 1 rings (SSSR count). The van der Waals surface area contributed by atoms with Crippen LogP contribution in [-0.2, 0) is 0 Å². The molecule has 0 aliphatic rings. The van der Waals surface area contributed by atoms with Crippen LogP contribution in [0.2, 0.25) is 0 Å². The smallest absolute Gasteiger partial charge is 0.263 e. The zero-order valence-corrected chi connectivity index (χ0v) is 13.3. The molecule has 0 fully saturated rings. The molecule has 6 heteroatoms. The molecule has 0 bridgehead atoms. The number of nitrogen functional groups attached to an aromatic ring is 1. The van der Waals surface area contributed by atoms with E-state index in [1.165, 1.54) is 11.3 Å². The number of carbonyl (C=O) groups is 1. The van der Waals surface area contributed by atoms with Crippen molar-refractivity contribution in [2.75, 3.05) is 30.8 Å². The van der Waals surface area contributed by atoms with E-state index in [2.05, 4.69) is 25.2 Å². The Balaban J connectivity index is 3.05. The summed E-state index contributed by atoms with van der Waals surface area (Å²) < 4.78 is 0. The number of hydrogen-bond donors (Lipinski definition) is 2. The maximum atomic E-state index is 11.9. The van der Waals surface area contributed by atoms with Gasteiger partial charge in [-0.05, 0) is 19.3 Å². The summed E-state index contributed by atoms with van der Waals surface area (Å²) in [4.78, 5) is 14.4. The first-order valence-corrected chi connectivity index (χ1v) is 7.55. The fourth-order valence-electron chi connectivity index (χ4n) is 1.77. The van der Waals surface area contributed by atoms with E-state index in [1.807, 2.05) is 18.9 Å². The number of anilines is 2. The van der Waals surface area contributed by atoms with E-state index in [-0.39, 0.29) is 11.6 Å². The van der Waals surface area contributed by atoms with Crippen LogP contribution in [0.5, 0.6) is 0 Å². The standard InChI is InChI=1S/C14H22N4OS/c1-5-17-13(19)12-11(16)10(8-15)14(20-12)18(4)7-6-9(2)3/h9H,5-7,16H2,1-4H3,(H,17,19). The molecule has 0 aromatic carbocycles. The zero-order chi connectivity index (χ0) is 15.3. The van der Waals surface area contributed by atoms with Crippen LogP contribution in [0.3, 0.4) is 0 Å². The molecule has 110 valence electrons. The number of carbonyl (C=O) groups excluding carboxylic acids is 1. The molecule has 1 amide bonds. The van der Waals surface area contributed by atoms with Gasteiger partial charge in [0.25, 0.3) is 5.91 Å². The maximum Gasteiger partial charge on any atom is 0.263 e. The first kappa shape index (κ1) is 16.3. The quantitative estimate of drug-likeness (QED) is 0.844. The van der Waals surface area contributed by atoms with Crippen molar-refractivity contribution in [3.8, 4) is 6.07 Å². The Hall–Kier alpha value is -1.74. The number of thiophene rings is 1. The Bertz CT molecular complexity index is 516. The number of nitrogens with two attached hydrogens (primary N) is 1. The van der Waals surface area contributed by atoms with Gasteiger partial charge in [0.2, 0.25) is 0 Å². The van der Waals surface area contributed by atoms with Gasteiger partial charge < -0.3 is 16.0 Å². The Kier molecular flexibility index (Phi) is 5.83. The molecule has 0 aliphatic carbocycles. The molecule has 0 saturated heterocycles. The second kappa shape index (κ2) is 7.15. The Morgan fingerprint density at radius 1 is 1.55 bits per heavy atom. The summed E-state index contributed by atoms with van der Waals surface area (Å²) in [5, 5.41) is 12.8. The van der Waals surface area contributed by atoms with E-state index >= 15 is 0 Å². The summed E-state index contributed by atoms with van der Waals surface area (Å²) >= 11 is 1.28. The lowest BCUT2D eigenvalue weighted by Gasteiger charge is -2.18. The summed E-state index contributed by atoms with van der Waals surface area (Å²) in [7, 11) is 1.93. The molecule has 1 aromatic heterocycles. The first-order chi connectivity index (χ1) is 9.42. The SMILES string of the molecule is CCNC(=O)c1sc(N(C)CCC(C)C)c(C#N)c1N. The van der Waals surface area contributed by atoms with Gasteiger partial charge in [0.05, 0.1) is 5.69 Å². The number of hydrogen-bond acceptors (Lipinski definition) is 5. The minimum absolute atomic E-state index is 0.213. The van der Waals surface area contributed by atoms with Gasteiger partial charge in [-0.3, -0.25) is 4.79 Å². The van der Waals surface area contributed by atoms with Crippen molar-refractivity contribution in [3.63, 3.8) is 0 Å². The summed E-state index contributed by atoms with van der Waals surface area (Å²) in [5.41, 5.74) is 6.63. The van der Waals surface area contributed by atoms with E-state index in [9.17, 15) is 10.1 Å². The van der Waals surface area contributed by atoms with Crippen LogP contribution in [-0.4, -0.2) is 26.0 Å². The predicted molar refractivity (Wildman–Crippen MR) is 84.2 cm³/mol. The van der Waals surface area contributed by atoms with Crippen LogP contribution < -0.4 is 16.0 Å². The van der Waals surface area contributed by atoms with Crippen molar-refractivity contribution in [2.45, 2.75) is 27.2 Å². The molecule has 0 unspecified atom stereocenters. The van der Waals surface area contributed by atoms with Gasteiger partial charge in [0, 0.05) is 20.1 Å². The minimum atomic E-state index is -0.213. The lowest BCUT2D eigenvalue weighted by molar-refractivity contribution is 0.0960. The minimum Gasteiger partial charge on any atom is -0.396 e. The summed E-state index contributed by atoms with van der Waals surface area (Å²) in [6.45, 7) is 7.53. The Labute approximate surface area is 124 Å². The molecule has 0 spiro atoms. The monoisotopic (exact) mass is 294 g/mol. The van der Waals surface area contributed by atoms with Crippen LogP contribution in [0.4, 0.5) is 10.7 Å². The molecule has 0 aliphatic heterocycles. The maximum absolute atomic E-state index is 11.9. The van der Waals surface area contributed by atoms with Crippen LogP contribution in [0.1, 0.15) is 42.4 Å². The first-order valence-electron chi connectivity index (χ1n) is 6.74. The van der Waals surface area contributed by atoms with Crippen molar-refractivity contribution in [2.24, 2.45) is 5.92 Å². The molecular weight excluding hydrogens is 272 g/mol. The summed E-state index contributed by atoms with van der Waals surface area (Å²) in [6, 6.07) is 2.11. The van der Waals surface area contributed by atoms with E-state index in [0.29, 0.717) is 22.9 Å². The highest BCUT2D eigenvalue weighted by atomic mass is 32.1. The van der Waals surface area contributed by atoms with E-state index in [1.54, 1.807) is 0 Å². The molecule has 0 saturated carbocycles. The molecule has 1 heterocycles. The third kappa shape index (κ3) is 3.64. The van der Waals surface area contributed by atoms with Gasteiger partial charge in [-0.1, -0.05) is 13.8 Å². The van der Waals surface area contributed by atoms with Crippen LogP contribution >= 0.6 is 11.3 Å². The molecule has 3 N–H and O–H groups in total. The fourth-order valence-corrected chi connectivity index (χ4v) is 2.85. The lowest BCUT2D eigenvalue weighted by Crippen LogP contribution is -2.22. The number of rotatable bonds is 6. The third-order valence-corrected chi connectivity index (χ3v) is 4.29. The van der Waals surface area contributed by atoms with Gasteiger partial charge in [-0.15, -0.1) is 11.3 Å². The van der Waals surface area contributed by atoms with Crippen molar-refractivity contribution >= 4 is 27.9 Å². The second-order valence-electron chi connectivity index (χ2n) is 5.10. The largest absolute Gasteiger partial charge is 0.396 e. The highest BCUT2D eigenvalue weighted by molar-refractivity contribution is 7.19. The van der Waals surface area contributed by atoms with Crippen molar-refractivity contribution < 1.29 is 4.79 Å². The fraction of sp³-hybridized carbons (Fsp3) is 0.571. The van der Waals surface area contributed by atoms with Crippen molar-refractivity contribution in [3.05, 3.63) is 10.4 Å². The summed E-state index contributed by atoms with van der Waals surface area (Å²) in [6.07, 6.45) is 1.02. The molecular formula is C14H22N4OS. The van der Waals surface area contributed by atoms with Crippen LogP contribution in [0.25, 0.3) is 0 Å².